The zero-order valence-electron chi connectivity index (χ0n) is 16.6. The van der Waals surface area contributed by atoms with E-state index in [1.54, 1.807) is 11.3 Å². The minimum Gasteiger partial charge on any atom is -0.412 e. The van der Waals surface area contributed by atoms with E-state index >= 15 is 0 Å². The zero-order valence-corrected chi connectivity index (χ0v) is 18.2. The zero-order chi connectivity index (χ0) is 19.8. The Bertz CT molecular complexity index is 1130. The minimum absolute atomic E-state index is 0. The Labute approximate surface area is 184 Å². The Morgan fingerprint density at radius 2 is 1.80 bits per heavy atom. The van der Waals surface area contributed by atoms with Crippen LogP contribution < -0.4 is 4.90 Å². The second-order valence-corrected chi connectivity index (χ2v) is 9.24. The quantitative estimate of drug-likeness (QED) is 0.455. The maximum Gasteiger partial charge on any atom is 0.166 e. The highest BCUT2D eigenvalue weighted by Gasteiger charge is 2.30. The van der Waals surface area contributed by atoms with E-state index in [1.165, 1.54) is 16.6 Å². The number of anilines is 1. The van der Waals surface area contributed by atoms with Gasteiger partial charge in [-0.1, -0.05) is 35.9 Å². The van der Waals surface area contributed by atoms with E-state index < -0.39 is 5.06 Å². The number of aliphatic hydroxyl groups is 1. The van der Waals surface area contributed by atoms with E-state index in [-0.39, 0.29) is 5.48 Å². The number of piperazine rings is 1. The average Bonchev–Trinajstić information content (AvgIpc) is 3.40. The van der Waals surface area contributed by atoms with Crippen LogP contribution in [0.5, 0.6) is 0 Å². The second-order valence-electron chi connectivity index (χ2n) is 7.70. The molecular formula is C23H26ClN3O2S. The minimum atomic E-state index is -1.33. The summed E-state index contributed by atoms with van der Waals surface area (Å²) in [6.07, 6.45) is 2.52. The fourth-order valence-electron chi connectivity index (χ4n) is 4.27. The first-order valence-electron chi connectivity index (χ1n) is 10.0. The molecule has 2 aromatic carbocycles. The summed E-state index contributed by atoms with van der Waals surface area (Å²) in [5.41, 5.74) is 3.31. The Morgan fingerprint density at radius 1 is 1.00 bits per heavy atom. The van der Waals surface area contributed by atoms with Gasteiger partial charge in [-0.15, -0.1) is 11.3 Å². The van der Waals surface area contributed by atoms with Crippen LogP contribution in [0.15, 0.2) is 60.1 Å². The van der Waals surface area contributed by atoms with Gasteiger partial charge in [-0.2, -0.15) is 0 Å². The van der Waals surface area contributed by atoms with Crippen LogP contribution in [0.4, 0.5) is 5.69 Å². The number of aromatic amines is 1. The van der Waals surface area contributed by atoms with Crippen LogP contribution >= 0.6 is 22.9 Å². The third-order valence-corrected chi connectivity index (χ3v) is 7.29. The summed E-state index contributed by atoms with van der Waals surface area (Å²) in [4.78, 5) is 8.14. The third-order valence-electron chi connectivity index (χ3n) is 5.94. The van der Waals surface area contributed by atoms with Crippen molar-refractivity contribution in [2.24, 2.45) is 0 Å². The molecule has 1 atom stereocenters. The van der Waals surface area contributed by atoms with Gasteiger partial charge in [0, 0.05) is 72.2 Å². The summed E-state index contributed by atoms with van der Waals surface area (Å²) < 4.78 is 1.16. The molecule has 0 aliphatic carbocycles. The molecule has 0 saturated carbocycles. The Morgan fingerprint density at radius 3 is 2.63 bits per heavy atom. The fraction of sp³-hybridized carbons (Fsp3) is 0.304. The van der Waals surface area contributed by atoms with Crippen molar-refractivity contribution in [2.75, 3.05) is 37.6 Å². The number of rotatable bonds is 5. The number of halogens is 1. The van der Waals surface area contributed by atoms with Crippen LogP contribution in [0.3, 0.4) is 0 Å². The van der Waals surface area contributed by atoms with Crippen molar-refractivity contribution in [3.63, 3.8) is 0 Å². The van der Waals surface area contributed by atoms with E-state index in [2.05, 4.69) is 45.1 Å². The van der Waals surface area contributed by atoms with Crippen LogP contribution in [0.25, 0.3) is 21.0 Å². The molecule has 0 radical (unpaired) electrons. The summed E-state index contributed by atoms with van der Waals surface area (Å²) >= 11 is 8.23. The molecule has 3 heterocycles. The van der Waals surface area contributed by atoms with E-state index in [0.717, 1.165) is 48.4 Å². The molecule has 1 aliphatic heterocycles. The standard InChI is InChI=1S/C23H24ClN3OS.H2O/c24-23(28,19-16-29-22-7-2-1-4-17(19)22)9-11-26-12-14-27(15-13-26)21-6-3-5-20-18(21)8-10-25-20;/h1-8,10,16,25,28H,9,11-15H2;1H2. The van der Waals surface area contributed by atoms with E-state index in [9.17, 15) is 5.11 Å². The van der Waals surface area contributed by atoms with Crippen molar-refractivity contribution in [3.8, 4) is 0 Å². The number of H-pyrrole nitrogens is 1. The van der Waals surface area contributed by atoms with Gasteiger partial charge >= 0.3 is 0 Å². The van der Waals surface area contributed by atoms with Crippen molar-refractivity contribution in [1.82, 2.24) is 9.88 Å². The monoisotopic (exact) mass is 443 g/mol. The first-order valence-corrected chi connectivity index (χ1v) is 11.3. The van der Waals surface area contributed by atoms with E-state index in [1.807, 2.05) is 29.8 Å². The molecule has 4 aromatic rings. The Hall–Kier alpha value is -2.09. The summed E-state index contributed by atoms with van der Waals surface area (Å²) in [5, 5.41) is 14.0. The van der Waals surface area contributed by atoms with Gasteiger partial charge in [-0.3, -0.25) is 4.90 Å². The molecule has 0 spiro atoms. The lowest BCUT2D eigenvalue weighted by Gasteiger charge is -2.37. The maximum atomic E-state index is 11.0. The fourth-order valence-corrected chi connectivity index (χ4v) is 5.61. The molecule has 7 heteroatoms. The number of fused-ring (bicyclic) bond motifs is 2. The number of nitrogens with zero attached hydrogens (tertiary/aromatic N) is 2. The molecular weight excluding hydrogens is 418 g/mol. The third kappa shape index (κ3) is 3.94. The number of thiophene rings is 1. The Kier molecular flexibility index (Phi) is 6.04. The second kappa shape index (κ2) is 8.57. The summed E-state index contributed by atoms with van der Waals surface area (Å²) in [6.45, 7) is 4.68. The van der Waals surface area contributed by atoms with Crippen molar-refractivity contribution < 1.29 is 10.6 Å². The molecule has 2 aromatic heterocycles. The highest BCUT2D eigenvalue weighted by Crippen LogP contribution is 2.38. The molecule has 5 nitrogen and oxygen atoms in total. The van der Waals surface area contributed by atoms with Crippen molar-refractivity contribution >= 4 is 49.6 Å². The van der Waals surface area contributed by atoms with Gasteiger partial charge in [0.05, 0.1) is 0 Å². The van der Waals surface area contributed by atoms with Gasteiger partial charge in [0.2, 0.25) is 0 Å². The molecule has 1 aliphatic rings. The molecule has 4 N–H and O–H groups in total. The predicted molar refractivity (Wildman–Crippen MR) is 127 cm³/mol. The van der Waals surface area contributed by atoms with E-state index in [4.69, 9.17) is 11.6 Å². The lowest BCUT2D eigenvalue weighted by Crippen LogP contribution is -2.47. The number of nitrogens with one attached hydrogen (secondary N) is 1. The molecule has 5 rings (SSSR count). The van der Waals surface area contributed by atoms with Crippen molar-refractivity contribution in [1.29, 1.82) is 0 Å². The molecule has 1 saturated heterocycles. The van der Waals surface area contributed by atoms with Crippen molar-refractivity contribution in [2.45, 2.75) is 11.5 Å². The topological polar surface area (TPSA) is 74.0 Å². The van der Waals surface area contributed by atoms with Crippen molar-refractivity contribution in [3.05, 3.63) is 65.7 Å². The molecule has 0 amide bonds. The summed E-state index contributed by atoms with van der Waals surface area (Å²) in [7, 11) is 0. The van der Waals surface area contributed by atoms with Crippen LogP contribution in [0, 0.1) is 0 Å². The number of hydrogen-bond acceptors (Lipinski definition) is 4. The summed E-state index contributed by atoms with van der Waals surface area (Å²) in [5.74, 6) is 0. The molecule has 0 bridgehead atoms. The van der Waals surface area contributed by atoms with Gasteiger partial charge in [0.25, 0.3) is 0 Å². The molecule has 158 valence electrons. The molecule has 1 fully saturated rings. The lowest BCUT2D eigenvalue weighted by molar-refractivity contribution is 0.0999. The van der Waals surface area contributed by atoms with Gasteiger partial charge in [-0.05, 0) is 35.0 Å². The van der Waals surface area contributed by atoms with Gasteiger partial charge < -0.3 is 20.5 Å². The van der Waals surface area contributed by atoms with Crippen LogP contribution in [-0.2, 0) is 5.06 Å². The number of benzene rings is 2. The highest BCUT2D eigenvalue weighted by molar-refractivity contribution is 7.17. The van der Waals surface area contributed by atoms with Crippen LogP contribution in [-0.4, -0.2) is 53.2 Å². The first kappa shape index (κ1) is 21.2. The number of hydrogen-bond donors (Lipinski definition) is 2. The van der Waals surface area contributed by atoms with Gasteiger partial charge in [0.15, 0.2) is 5.06 Å². The maximum absolute atomic E-state index is 11.0. The Balaban J connectivity index is 0.00000218. The predicted octanol–water partition coefficient (Wildman–Crippen LogP) is 4.15. The molecule has 1 unspecified atom stereocenters. The number of alkyl halides is 1. The highest BCUT2D eigenvalue weighted by atomic mass is 35.5. The summed E-state index contributed by atoms with van der Waals surface area (Å²) in [6, 6.07) is 16.7. The number of aromatic nitrogens is 1. The first-order chi connectivity index (χ1) is 14.1. The van der Waals surface area contributed by atoms with Crippen LogP contribution in [0.1, 0.15) is 12.0 Å². The largest absolute Gasteiger partial charge is 0.412 e. The smallest absolute Gasteiger partial charge is 0.166 e. The molecule has 30 heavy (non-hydrogen) atoms. The average molecular weight is 444 g/mol. The van der Waals surface area contributed by atoms with Crippen LogP contribution in [0.2, 0.25) is 0 Å². The van der Waals surface area contributed by atoms with Gasteiger partial charge in [0.1, 0.15) is 0 Å². The lowest BCUT2D eigenvalue weighted by atomic mass is 10.0. The van der Waals surface area contributed by atoms with Gasteiger partial charge in [-0.25, -0.2) is 0 Å². The normalized spacial score (nSPS) is 17.2. The SMILES string of the molecule is O.OC(Cl)(CCN1CCN(c2cccc3[nH]ccc23)CC1)c1csc2ccccc12. The van der Waals surface area contributed by atoms with E-state index in [0.29, 0.717) is 6.42 Å².